The molecular formula is C8H14N2O4S2. The quantitative estimate of drug-likeness (QED) is 0.618. The van der Waals surface area contributed by atoms with Crippen molar-refractivity contribution in [3.63, 3.8) is 0 Å². The van der Waals surface area contributed by atoms with E-state index >= 15 is 0 Å². The molecule has 0 bridgehead atoms. The van der Waals surface area contributed by atoms with Gasteiger partial charge in [-0.15, -0.1) is 0 Å². The Morgan fingerprint density at radius 1 is 0.938 bits per heavy atom. The molecule has 0 aromatic rings. The lowest BCUT2D eigenvalue weighted by molar-refractivity contribution is 0.113. The first-order valence-corrected chi connectivity index (χ1v) is 7.08. The van der Waals surface area contributed by atoms with Gasteiger partial charge >= 0.3 is 12.2 Å². The van der Waals surface area contributed by atoms with E-state index in [1.807, 2.05) is 0 Å². The van der Waals surface area contributed by atoms with Crippen LogP contribution in [0.25, 0.3) is 0 Å². The van der Waals surface area contributed by atoms with Gasteiger partial charge in [0.15, 0.2) is 0 Å². The van der Waals surface area contributed by atoms with Gasteiger partial charge in [-0.05, 0) is 0 Å². The highest BCUT2D eigenvalue weighted by Gasteiger charge is 2.21. The smallest absolute Gasteiger partial charge is 0.410 e. The molecule has 0 aromatic heterocycles. The monoisotopic (exact) mass is 266 g/mol. The Labute approximate surface area is 102 Å². The van der Waals surface area contributed by atoms with Crippen LogP contribution in [0.15, 0.2) is 0 Å². The zero-order valence-electron chi connectivity index (χ0n) is 9.17. The number of ether oxygens (including phenoxy) is 2. The normalized spacial score (nSPS) is 17.4. The average Bonchev–Trinajstić information content (AvgIpc) is 2.27. The van der Waals surface area contributed by atoms with Crippen LogP contribution in [0.1, 0.15) is 0 Å². The highest BCUT2D eigenvalue weighted by Crippen LogP contribution is 2.25. The van der Waals surface area contributed by atoms with Crippen molar-refractivity contribution in [2.24, 2.45) is 0 Å². The Kier molecular flexibility index (Phi) is 5.61. The molecule has 0 unspecified atom stereocenters. The van der Waals surface area contributed by atoms with Crippen molar-refractivity contribution in [3.8, 4) is 0 Å². The number of methoxy groups -OCH3 is 2. The minimum absolute atomic E-state index is 0.375. The number of carbonyl (C=O) groups is 2. The number of carbonyl (C=O) groups excluding carboxylic acids is 2. The van der Waals surface area contributed by atoms with Crippen LogP contribution in [-0.2, 0) is 9.47 Å². The van der Waals surface area contributed by atoms with E-state index in [0.717, 1.165) is 0 Å². The van der Waals surface area contributed by atoms with Crippen molar-refractivity contribution < 1.29 is 19.1 Å². The summed E-state index contributed by atoms with van der Waals surface area (Å²) in [7, 11) is 5.70. The van der Waals surface area contributed by atoms with Gasteiger partial charge in [0.05, 0.1) is 26.0 Å². The van der Waals surface area contributed by atoms with Crippen LogP contribution in [0, 0.1) is 0 Å². The third kappa shape index (κ3) is 3.67. The predicted octanol–water partition coefficient (Wildman–Crippen LogP) is 1.43. The SMILES string of the molecule is COC(=O)N1CCN(C(=O)OC)CSSC1. The average molecular weight is 266 g/mol. The van der Waals surface area contributed by atoms with Crippen LogP contribution in [0.3, 0.4) is 0 Å². The lowest BCUT2D eigenvalue weighted by Crippen LogP contribution is -2.42. The van der Waals surface area contributed by atoms with Crippen LogP contribution in [0.2, 0.25) is 0 Å². The highest BCUT2D eigenvalue weighted by molar-refractivity contribution is 8.76. The van der Waals surface area contributed by atoms with Crippen molar-refractivity contribution in [3.05, 3.63) is 0 Å². The second kappa shape index (κ2) is 6.74. The number of hydrogen-bond donors (Lipinski definition) is 0. The maximum Gasteiger partial charge on any atom is 0.410 e. The summed E-state index contributed by atoms with van der Waals surface area (Å²) in [6.07, 6.45) is -0.750. The van der Waals surface area contributed by atoms with Crippen molar-refractivity contribution in [1.29, 1.82) is 0 Å². The second-order valence-electron chi connectivity index (χ2n) is 2.96. The Morgan fingerprint density at radius 2 is 1.31 bits per heavy atom. The van der Waals surface area contributed by atoms with Gasteiger partial charge in [0.2, 0.25) is 0 Å². The van der Waals surface area contributed by atoms with E-state index in [4.69, 9.17) is 0 Å². The summed E-state index contributed by atoms with van der Waals surface area (Å²) in [5, 5.41) is 0. The number of hydrogen-bond acceptors (Lipinski definition) is 6. The van der Waals surface area contributed by atoms with E-state index in [1.54, 1.807) is 9.80 Å². The lowest BCUT2D eigenvalue weighted by atomic mass is 10.5. The molecule has 1 rings (SSSR count). The number of nitrogens with zero attached hydrogens (tertiary/aromatic N) is 2. The summed E-state index contributed by atoms with van der Waals surface area (Å²) < 4.78 is 9.28. The molecule has 1 aliphatic heterocycles. The van der Waals surface area contributed by atoms with E-state index in [0.29, 0.717) is 24.8 Å². The van der Waals surface area contributed by atoms with Gasteiger partial charge in [-0.25, -0.2) is 9.59 Å². The Bertz CT molecular complexity index is 238. The van der Waals surface area contributed by atoms with Crippen LogP contribution in [0.4, 0.5) is 9.59 Å². The van der Waals surface area contributed by atoms with E-state index < -0.39 is 0 Å². The van der Waals surface area contributed by atoms with Crippen molar-refractivity contribution in [2.45, 2.75) is 0 Å². The number of rotatable bonds is 0. The first-order chi connectivity index (χ1) is 7.69. The standard InChI is InChI=1S/C8H14N2O4S2/c1-13-7(11)9-3-4-10(8(12)14-2)6-16-15-5-9/h3-6H2,1-2H3. The largest absolute Gasteiger partial charge is 0.453 e. The Morgan fingerprint density at radius 3 is 1.62 bits per heavy atom. The van der Waals surface area contributed by atoms with Gasteiger partial charge in [-0.3, -0.25) is 9.80 Å². The van der Waals surface area contributed by atoms with Crippen LogP contribution >= 0.6 is 21.6 Å². The summed E-state index contributed by atoms with van der Waals surface area (Å²) in [6, 6.07) is 0. The minimum atomic E-state index is -0.375. The van der Waals surface area contributed by atoms with Gasteiger partial charge < -0.3 is 9.47 Å². The molecule has 1 saturated heterocycles. The molecule has 0 saturated carbocycles. The summed E-state index contributed by atoms with van der Waals surface area (Å²) >= 11 is 0. The summed E-state index contributed by atoms with van der Waals surface area (Å²) in [4.78, 5) is 25.7. The van der Waals surface area contributed by atoms with Crippen molar-refractivity contribution in [1.82, 2.24) is 9.80 Å². The molecule has 0 aliphatic carbocycles. The van der Waals surface area contributed by atoms with Gasteiger partial charge in [0.1, 0.15) is 0 Å². The molecule has 0 radical (unpaired) electrons. The fraction of sp³-hybridized carbons (Fsp3) is 0.750. The molecule has 0 spiro atoms. The van der Waals surface area contributed by atoms with Crippen LogP contribution in [0.5, 0.6) is 0 Å². The van der Waals surface area contributed by atoms with Crippen LogP contribution in [-0.4, -0.2) is 61.0 Å². The summed E-state index contributed by atoms with van der Waals surface area (Å²) in [5.41, 5.74) is 0. The topological polar surface area (TPSA) is 59.1 Å². The Balaban J connectivity index is 2.52. The van der Waals surface area contributed by atoms with Gasteiger partial charge in [0, 0.05) is 13.1 Å². The molecule has 0 atom stereocenters. The minimum Gasteiger partial charge on any atom is -0.453 e. The maximum atomic E-state index is 11.3. The molecular weight excluding hydrogens is 252 g/mol. The number of amides is 2. The highest BCUT2D eigenvalue weighted by atomic mass is 33.1. The molecule has 0 N–H and O–H groups in total. The molecule has 1 heterocycles. The molecule has 0 aromatic carbocycles. The zero-order chi connectivity index (χ0) is 12.0. The first kappa shape index (κ1) is 13.3. The first-order valence-electron chi connectivity index (χ1n) is 4.59. The molecule has 1 aliphatic rings. The van der Waals surface area contributed by atoms with E-state index in [1.165, 1.54) is 35.8 Å². The maximum absolute atomic E-state index is 11.3. The second-order valence-corrected chi connectivity index (χ2v) is 5.36. The fourth-order valence-corrected chi connectivity index (χ4v) is 3.20. The molecule has 92 valence electrons. The summed E-state index contributed by atoms with van der Waals surface area (Å²) in [6.45, 7) is 0.907. The zero-order valence-corrected chi connectivity index (χ0v) is 10.8. The fourth-order valence-electron chi connectivity index (χ4n) is 1.12. The van der Waals surface area contributed by atoms with E-state index in [-0.39, 0.29) is 12.2 Å². The third-order valence-electron chi connectivity index (χ3n) is 2.01. The van der Waals surface area contributed by atoms with Gasteiger partial charge in [-0.1, -0.05) is 21.6 Å². The summed E-state index contributed by atoms with van der Waals surface area (Å²) in [5.74, 6) is 1.12. The lowest BCUT2D eigenvalue weighted by Gasteiger charge is -2.28. The van der Waals surface area contributed by atoms with Gasteiger partial charge in [-0.2, -0.15) is 0 Å². The van der Waals surface area contributed by atoms with E-state index in [2.05, 4.69) is 9.47 Å². The van der Waals surface area contributed by atoms with Crippen molar-refractivity contribution in [2.75, 3.05) is 39.1 Å². The molecule has 8 heteroatoms. The third-order valence-corrected chi connectivity index (χ3v) is 4.14. The van der Waals surface area contributed by atoms with Crippen molar-refractivity contribution >= 4 is 33.8 Å². The van der Waals surface area contributed by atoms with Crippen LogP contribution < -0.4 is 0 Å². The molecule has 2 amide bonds. The predicted molar refractivity (Wildman–Crippen MR) is 63.1 cm³/mol. The molecule has 16 heavy (non-hydrogen) atoms. The Hall–Kier alpha value is -0.760. The van der Waals surface area contributed by atoms with E-state index in [9.17, 15) is 9.59 Å². The molecule has 6 nitrogen and oxygen atoms in total. The van der Waals surface area contributed by atoms with Gasteiger partial charge in [0.25, 0.3) is 0 Å². The molecule has 1 fully saturated rings.